The minimum atomic E-state index is -0.313. The van der Waals surface area contributed by atoms with E-state index in [2.05, 4.69) is 16.7 Å². The van der Waals surface area contributed by atoms with Gasteiger partial charge in [0, 0.05) is 6.42 Å². The first-order valence-corrected chi connectivity index (χ1v) is 7.66. The number of carbonyl (C=O) groups is 1. The van der Waals surface area contributed by atoms with Gasteiger partial charge in [0.25, 0.3) is 0 Å². The summed E-state index contributed by atoms with van der Waals surface area (Å²) in [6.45, 7) is 4.00. The molecule has 0 saturated carbocycles. The number of nitriles is 1. The zero-order chi connectivity index (χ0) is 16.4. The molecule has 1 aromatic carbocycles. The summed E-state index contributed by atoms with van der Waals surface area (Å²) in [6, 6.07) is 10.9. The van der Waals surface area contributed by atoms with Crippen LogP contribution < -0.4 is 10.6 Å². The quantitative estimate of drug-likeness (QED) is 0.690. The Hall–Kier alpha value is -2.06. The van der Waals surface area contributed by atoms with Crippen LogP contribution in [0.1, 0.15) is 44.7 Å². The van der Waals surface area contributed by atoms with Crippen molar-refractivity contribution >= 4 is 6.03 Å². The molecule has 0 aliphatic heterocycles. The molecule has 3 N–H and O–H groups in total. The number of benzene rings is 1. The number of carbonyl (C=O) groups excluding carboxylic acids is 1. The molecule has 0 aliphatic rings. The smallest absolute Gasteiger partial charge is 0.315 e. The van der Waals surface area contributed by atoms with E-state index in [1.54, 1.807) is 0 Å². The number of urea groups is 1. The van der Waals surface area contributed by atoms with E-state index in [-0.39, 0.29) is 24.7 Å². The molecule has 5 heteroatoms. The molecule has 1 aromatic rings. The molecule has 22 heavy (non-hydrogen) atoms. The molecule has 1 rings (SSSR count). The van der Waals surface area contributed by atoms with Gasteiger partial charge in [-0.05, 0) is 24.3 Å². The highest BCUT2D eigenvalue weighted by atomic mass is 16.3. The highest BCUT2D eigenvalue weighted by Gasteiger charge is 2.17. The lowest BCUT2D eigenvalue weighted by Crippen LogP contribution is -2.45. The van der Waals surface area contributed by atoms with Crippen molar-refractivity contribution in [2.45, 2.75) is 45.2 Å². The maximum absolute atomic E-state index is 12.1. The van der Waals surface area contributed by atoms with Crippen LogP contribution in [0.25, 0.3) is 0 Å². The topological polar surface area (TPSA) is 85.2 Å². The summed E-state index contributed by atoms with van der Waals surface area (Å²) in [7, 11) is 0. The van der Waals surface area contributed by atoms with Gasteiger partial charge in [0.1, 0.15) is 0 Å². The molecular weight excluding hydrogens is 278 g/mol. The van der Waals surface area contributed by atoms with Crippen molar-refractivity contribution in [1.29, 1.82) is 5.26 Å². The summed E-state index contributed by atoms with van der Waals surface area (Å²) in [5, 5.41) is 23.8. The molecule has 0 spiro atoms. The van der Waals surface area contributed by atoms with Gasteiger partial charge in [-0.15, -0.1) is 0 Å². The SMILES string of the molecule is CC(C)CC(CO)NC(=O)NC(CCC#N)c1ccccc1. The van der Waals surface area contributed by atoms with Gasteiger partial charge >= 0.3 is 6.03 Å². The van der Waals surface area contributed by atoms with Crippen LogP contribution >= 0.6 is 0 Å². The van der Waals surface area contributed by atoms with Gasteiger partial charge in [-0.1, -0.05) is 44.2 Å². The van der Waals surface area contributed by atoms with Crippen LogP contribution in [0.2, 0.25) is 0 Å². The first-order chi connectivity index (χ1) is 10.6. The van der Waals surface area contributed by atoms with E-state index in [1.807, 2.05) is 44.2 Å². The van der Waals surface area contributed by atoms with Crippen molar-refractivity contribution in [2.24, 2.45) is 5.92 Å². The zero-order valence-corrected chi connectivity index (χ0v) is 13.2. The van der Waals surface area contributed by atoms with E-state index >= 15 is 0 Å². The summed E-state index contributed by atoms with van der Waals surface area (Å²) in [5.74, 6) is 0.390. The Morgan fingerprint density at radius 1 is 1.27 bits per heavy atom. The van der Waals surface area contributed by atoms with Crippen LogP contribution in [0.5, 0.6) is 0 Å². The van der Waals surface area contributed by atoms with E-state index in [0.717, 1.165) is 12.0 Å². The van der Waals surface area contributed by atoms with E-state index in [1.165, 1.54) is 0 Å². The molecule has 0 aromatic heterocycles. The van der Waals surface area contributed by atoms with Gasteiger partial charge < -0.3 is 15.7 Å². The monoisotopic (exact) mass is 303 g/mol. The minimum absolute atomic E-state index is 0.0835. The molecule has 2 unspecified atom stereocenters. The number of hydrogen-bond acceptors (Lipinski definition) is 3. The first kappa shape index (κ1) is 18.0. The zero-order valence-electron chi connectivity index (χ0n) is 13.2. The molecule has 0 heterocycles. The Morgan fingerprint density at radius 3 is 2.50 bits per heavy atom. The van der Waals surface area contributed by atoms with Crippen molar-refractivity contribution in [1.82, 2.24) is 10.6 Å². The average Bonchev–Trinajstić information content (AvgIpc) is 2.51. The lowest BCUT2D eigenvalue weighted by molar-refractivity contribution is 0.204. The number of aliphatic hydroxyl groups is 1. The second kappa shape index (κ2) is 9.80. The number of nitrogens with zero attached hydrogens (tertiary/aromatic N) is 1. The summed E-state index contributed by atoms with van der Waals surface area (Å²) < 4.78 is 0. The third-order valence-corrected chi connectivity index (χ3v) is 3.36. The third kappa shape index (κ3) is 6.59. The van der Waals surface area contributed by atoms with Crippen molar-refractivity contribution in [2.75, 3.05) is 6.61 Å². The molecule has 0 radical (unpaired) electrons. The molecule has 0 saturated heterocycles. The second-order valence-electron chi connectivity index (χ2n) is 5.79. The highest BCUT2D eigenvalue weighted by molar-refractivity contribution is 5.74. The number of amides is 2. The van der Waals surface area contributed by atoms with Gasteiger partial charge in [-0.3, -0.25) is 0 Å². The van der Waals surface area contributed by atoms with Gasteiger partial charge in [0.15, 0.2) is 0 Å². The molecular formula is C17H25N3O2. The summed E-state index contributed by atoms with van der Waals surface area (Å²) in [5.41, 5.74) is 0.970. The third-order valence-electron chi connectivity index (χ3n) is 3.36. The lowest BCUT2D eigenvalue weighted by atomic mass is 10.0. The molecule has 0 fully saturated rings. The van der Waals surface area contributed by atoms with Gasteiger partial charge in [0.05, 0.1) is 24.8 Å². The summed E-state index contributed by atoms with van der Waals surface area (Å²) in [6.07, 6.45) is 1.65. The lowest BCUT2D eigenvalue weighted by Gasteiger charge is -2.22. The Morgan fingerprint density at radius 2 is 1.95 bits per heavy atom. The highest BCUT2D eigenvalue weighted by Crippen LogP contribution is 2.18. The molecule has 120 valence electrons. The van der Waals surface area contributed by atoms with E-state index in [0.29, 0.717) is 18.8 Å². The van der Waals surface area contributed by atoms with Gasteiger partial charge in [-0.25, -0.2) is 4.79 Å². The van der Waals surface area contributed by atoms with E-state index in [9.17, 15) is 9.90 Å². The van der Waals surface area contributed by atoms with Crippen LogP contribution in [-0.4, -0.2) is 23.8 Å². The van der Waals surface area contributed by atoms with Crippen LogP contribution in [0.15, 0.2) is 30.3 Å². The molecule has 0 bridgehead atoms. The van der Waals surface area contributed by atoms with Crippen molar-refractivity contribution in [3.8, 4) is 6.07 Å². The summed E-state index contributed by atoms with van der Waals surface area (Å²) in [4.78, 5) is 12.1. The second-order valence-corrected chi connectivity index (χ2v) is 5.79. The predicted octanol–water partition coefficient (Wildman–Crippen LogP) is 2.74. The van der Waals surface area contributed by atoms with Gasteiger partial charge in [-0.2, -0.15) is 5.26 Å². The van der Waals surface area contributed by atoms with Crippen LogP contribution in [0.3, 0.4) is 0 Å². The van der Waals surface area contributed by atoms with E-state index < -0.39 is 0 Å². The van der Waals surface area contributed by atoms with Crippen molar-refractivity contribution < 1.29 is 9.90 Å². The Kier molecular flexibility index (Phi) is 8.01. The number of hydrogen-bond donors (Lipinski definition) is 3. The molecule has 0 aliphatic carbocycles. The predicted molar refractivity (Wildman–Crippen MR) is 86.0 cm³/mol. The van der Waals surface area contributed by atoms with Gasteiger partial charge in [0.2, 0.25) is 0 Å². The maximum atomic E-state index is 12.1. The number of nitrogens with one attached hydrogen (secondary N) is 2. The first-order valence-electron chi connectivity index (χ1n) is 7.66. The van der Waals surface area contributed by atoms with Crippen LogP contribution in [0.4, 0.5) is 4.79 Å². The number of rotatable bonds is 8. The Bertz CT molecular complexity index is 482. The fourth-order valence-corrected chi connectivity index (χ4v) is 2.35. The Balaban J connectivity index is 2.65. The fourth-order valence-electron chi connectivity index (χ4n) is 2.35. The van der Waals surface area contributed by atoms with Crippen LogP contribution in [0, 0.1) is 17.2 Å². The largest absolute Gasteiger partial charge is 0.394 e. The van der Waals surface area contributed by atoms with Crippen LogP contribution in [-0.2, 0) is 0 Å². The number of aliphatic hydroxyl groups excluding tert-OH is 1. The standard InChI is InChI=1S/C17H25N3O2/c1-13(2)11-15(12-21)19-17(22)20-16(9-6-10-18)14-7-4-3-5-8-14/h3-5,7-8,13,15-16,21H,6,9,11-12H2,1-2H3,(H2,19,20,22). The van der Waals surface area contributed by atoms with Crippen molar-refractivity contribution in [3.63, 3.8) is 0 Å². The fraction of sp³-hybridized carbons (Fsp3) is 0.529. The molecule has 2 amide bonds. The average molecular weight is 303 g/mol. The Labute approximate surface area is 132 Å². The van der Waals surface area contributed by atoms with E-state index in [4.69, 9.17) is 5.26 Å². The minimum Gasteiger partial charge on any atom is -0.394 e. The maximum Gasteiger partial charge on any atom is 0.315 e. The summed E-state index contributed by atoms with van der Waals surface area (Å²) >= 11 is 0. The normalized spacial score (nSPS) is 13.2. The molecule has 2 atom stereocenters. The molecule has 5 nitrogen and oxygen atoms in total. The van der Waals surface area contributed by atoms with Crippen molar-refractivity contribution in [3.05, 3.63) is 35.9 Å².